The van der Waals surface area contributed by atoms with E-state index >= 15 is 0 Å². The van der Waals surface area contributed by atoms with Gasteiger partial charge in [0.05, 0.1) is 31.7 Å². The molecule has 0 amide bonds. The number of nitrogens with two attached hydrogens (primary N) is 1. The maximum absolute atomic E-state index is 10.6. The number of rotatable bonds is 7. The average Bonchev–Trinajstić information content (AvgIpc) is 3.51. The first-order chi connectivity index (χ1) is 15.6. The van der Waals surface area contributed by atoms with Crippen molar-refractivity contribution < 1.29 is 24.4 Å². The van der Waals surface area contributed by atoms with E-state index < -0.39 is 24.5 Å². The van der Waals surface area contributed by atoms with Gasteiger partial charge in [0.15, 0.2) is 17.7 Å². The molecule has 1 aliphatic heterocycles. The molecule has 6 atom stereocenters. The number of nitrogens with zero attached hydrogens (tertiary/aromatic N) is 4. The summed E-state index contributed by atoms with van der Waals surface area (Å²) in [5.74, 6) is 0.240. The van der Waals surface area contributed by atoms with Gasteiger partial charge >= 0.3 is 0 Å². The van der Waals surface area contributed by atoms with Gasteiger partial charge in [0, 0.05) is 0 Å². The Morgan fingerprint density at radius 2 is 1.81 bits per heavy atom. The molecule has 10 nitrogen and oxygen atoms in total. The molecule has 0 spiro atoms. The molecule has 2 aliphatic rings. The molecule has 2 aromatic heterocycles. The van der Waals surface area contributed by atoms with Crippen LogP contribution in [0.15, 0.2) is 43.0 Å². The minimum Gasteiger partial charge on any atom is -0.387 e. The van der Waals surface area contributed by atoms with Gasteiger partial charge in [-0.3, -0.25) is 4.57 Å². The van der Waals surface area contributed by atoms with Crippen molar-refractivity contribution in [2.24, 2.45) is 0 Å². The number of nitrogen functional groups attached to an aromatic ring is 1. The van der Waals surface area contributed by atoms with Gasteiger partial charge < -0.3 is 30.2 Å². The van der Waals surface area contributed by atoms with Crippen molar-refractivity contribution in [2.75, 3.05) is 12.3 Å². The first-order valence-electron chi connectivity index (χ1n) is 10.8. The third kappa shape index (κ3) is 4.07. The Balaban J connectivity index is 1.20. The first-order valence-corrected chi connectivity index (χ1v) is 10.8. The summed E-state index contributed by atoms with van der Waals surface area (Å²) in [7, 11) is 0. The van der Waals surface area contributed by atoms with Gasteiger partial charge in [-0.15, -0.1) is 0 Å². The lowest BCUT2D eigenvalue weighted by molar-refractivity contribution is -0.110. The van der Waals surface area contributed by atoms with Crippen LogP contribution in [0.3, 0.4) is 0 Å². The number of ether oxygens (including phenoxy) is 3. The number of aliphatic hydroxyl groups excluding tert-OH is 2. The summed E-state index contributed by atoms with van der Waals surface area (Å²) in [4.78, 5) is 12.3. The second-order valence-electron chi connectivity index (χ2n) is 8.27. The largest absolute Gasteiger partial charge is 0.387 e. The van der Waals surface area contributed by atoms with Crippen molar-refractivity contribution >= 4 is 17.0 Å². The number of fused-ring (bicyclic) bond motifs is 1. The predicted octanol–water partition coefficient (Wildman–Crippen LogP) is 1.18. The fourth-order valence-corrected chi connectivity index (χ4v) is 4.42. The van der Waals surface area contributed by atoms with Gasteiger partial charge in [-0.1, -0.05) is 30.3 Å². The summed E-state index contributed by atoms with van der Waals surface area (Å²) in [5, 5.41) is 21.2. The van der Waals surface area contributed by atoms with Crippen molar-refractivity contribution in [2.45, 2.75) is 62.6 Å². The molecule has 170 valence electrons. The Bertz CT molecular complexity index is 1050. The molecule has 10 heteroatoms. The summed E-state index contributed by atoms with van der Waals surface area (Å²) < 4.78 is 19.7. The molecule has 5 rings (SSSR count). The van der Waals surface area contributed by atoms with E-state index in [1.54, 1.807) is 4.57 Å². The van der Waals surface area contributed by atoms with Gasteiger partial charge in [-0.05, 0) is 24.8 Å². The van der Waals surface area contributed by atoms with Crippen LogP contribution in [0.4, 0.5) is 5.82 Å². The number of benzene rings is 1. The molecule has 2 unspecified atom stereocenters. The van der Waals surface area contributed by atoms with E-state index in [0.29, 0.717) is 17.8 Å². The van der Waals surface area contributed by atoms with Crippen LogP contribution in [0.5, 0.6) is 0 Å². The Hall–Kier alpha value is -2.63. The van der Waals surface area contributed by atoms with Gasteiger partial charge in [-0.2, -0.15) is 0 Å². The van der Waals surface area contributed by atoms with Gasteiger partial charge in [0.1, 0.15) is 30.2 Å². The van der Waals surface area contributed by atoms with Crippen molar-refractivity contribution in [3.05, 3.63) is 48.5 Å². The van der Waals surface area contributed by atoms with Crippen LogP contribution in [0.2, 0.25) is 0 Å². The normalized spacial score (nSPS) is 30.3. The van der Waals surface area contributed by atoms with Crippen LogP contribution in [-0.4, -0.2) is 66.9 Å². The molecule has 3 heterocycles. The molecule has 1 saturated heterocycles. The lowest BCUT2D eigenvalue weighted by Gasteiger charge is -2.23. The highest BCUT2D eigenvalue weighted by Crippen LogP contribution is 2.33. The fourth-order valence-electron chi connectivity index (χ4n) is 4.42. The monoisotopic (exact) mass is 441 g/mol. The van der Waals surface area contributed by atoms with Crippen molar-refractivity contribution in [1.82, 2.24) is 19.5 Å². The predicted molar refractivity (Wildman–Crippen MR) is 114 cm³/mol. The Morgan fingerprint density at radius 1 is 1.03 bits per heavy atom. The zero-order valence-corrected chi connectivity index (χ0v) is 17.5. The quantitative estimate of drug-likeness (QED) is 0.493. The molecule has 1 aromatic carbocycles. The first kappa shape index (κ1) is 21.2. The standard InChI is InChI=1S/C22H27N5O5/c23-20-17-21(25-11-24-20)27(12-26-17)22-19(29)18(28)16(32-22)10-31-15-8-4-7-14(15)30-9-13-5-2-1-3-6-13/h1-3,5-6,11-12,14-16,18-19,22,28-29H,4,7-10H2,(H2,23,24,25)/t14?,15?,16-,18-,19-,22-/m1/s1. The second-order valence-corrected chi connectivity index (χ2v) is 8.27. The molecule has 0 bridgehead atoms. The molecule has 4 N–H and O–H groups in total. The van der Waals surface area contributed by atoms with E-state index in [1.165, 1.54) is 12.7 Å². The Kier molecular flexibility index (Phi) is 6.03. The molecule has 1 aliphatic carbocycles. The van der Waals surface area contributed by atoms with Crippen LogP contribution >= 0.6 is 0 Å². The van der Waals surface area contributed by atoms with E-state index in [1.807, 2.05) is 30.3 Å². The summed E-state index contributed by atoms with van der Waals surface area (Å²) in [6, 6.07) is 10.0. The van der Waals surface area contributed by atoms with E-state index in [0.717, 1.165) is 24.8 Å². The Labute approximate surface area is 185 Å². The topological polar surface area (TPSA) is 138 Å². The summed E-state index contributed by atoms with van der Waals surface area (Å²) in [6.45, 7) is 0.682. The lowest BCUT2D eigenvalue weighted by atomic mass is 10.1. The van der Waals surface area contributed by atoms with Crippen molar-refractivity contribution in [3.63, 3.8) is 0 Å². The third-order valence-corrected chi connectivity index (χ3v) is 6.17. The van der Waals surface area contributed by atoms with Gasteiger partial charge in [0.2, 0.25) is 0 Å². The van der Waals surface area contributed by atoms with E-state index in [-0.39, 0.29) is 24.6 Å². The van der Waals surface area contributed by atoms with E-state index in [9.17, 15) is 10.2 Å². The maximum atomic E-state index is 10.6. The van der Waals surface area contributed by atoms with E-state index in [2.05, 4.69) is 15.0 Å². The van der Waals surface area contributed by atoms with Crippen LogP contribution in [0, 0.1) is 0 Å². The number of anilines is 1. The minimum atomic E-state index is -1.16. The smallest absolute Gasteiger partial charge is 0.167 e. The van der Waals surface area contributed by atoms with Crippen LogP contribution in [0.1, 0.15) is 31.1 Å². The molecule has 3 aromatic rings. The summed E-state index contributed by atoms with van der Waals surface area (Å²) >= 11 is 0. The lowest BCUT2D eigenvalue weighted by Crippen LogP contribution is -2.36. The SMILES string of the molecule is Nc1ncnc2c1ncn2[C@@H]1O[C@H](COC2CCCC2OCc2ccccc2)[C@@H](O)[C@H]1O. The van der Waals surface area contributed by atoms with Crippen LogP contribution in [0.25, 0.3) is 11.2 Å². The summed E-state index contributed by atoms with van der Waals surface area (Å²) in [6.07, 6.45) is 1.73. The minimum absolute atomic E-state index is 0.00765. The van der Waals surface area contributed by atoms with Crippen molar-refractivity contribution in [1.29, 1.82) is 0 Å². The van der Waals surface area contributed by atoms with Crippen LogP contribution < -0.4 is 5.73 Å². The third-order valence-electron chi connectivity index (χ3n) is 6.17. The van der Waals surface area contributed by atoms with Crippen LogP contribution in [-0.2, 0) is 20.8 Å². The number of hydrogen-bond acceptors (Lipinski definition) is 9. The molecule has 0 radical (unpaired) electrons. The summed E-state index contributed by atoms with van der Waals surface area (Å²) in [5.41, 5.74) is 7.81. The number of aromatic nitrogens is 4. The molecule has 1 saturated carbocycles. The fraction of sp³-hybridized carbons (Fsp3) is 0.500. The highest BCUT2D eigenvalue weighted by molar-refractivity contribution is 5.81. The van der Waals surface area contributed by atoms with Gasteiger partial charge in [-0.25, -0.2) is 15.0 Å². The van der Waals surface area contributed by atoms with E-state index in [4.69, 9.17) is 19.9 Å². The highest BCUT2D eigenvalue weighted by Gasteiger charge is 2.45. The number of aliphatic hydroxyl groups is 2. The van der Waals surface area contributed by atoms with Crippen molar-refractivity contribution in [3.8, 4) is 0 Å². The molecule has 2 fully saturated rings. The Morgan fingerprint density at radius 3 is 2.62 bits per heavy atom. The molecular weight excluding hydrogens is 414 g/mol. The number of hydrogen-bond donors (Lipinski definition) is 3. The highest BCUT2D eigenvalue weighted by atomic mass is 16.6. The average molecular weight is 441 g/mol. The maximum Gasteiger partial charge on any atom is 0.167 e. The van der Waals surface area contributed by atoms with Gasteiger partial charge in [0.25, 0.3) is 0 Å². The second kappa shape index (κ2) is 9.08. The zero-order chi connectivity index (χ0) is 22.1. The molecular formula is C22H27N5O5. The molecule has 32 heavy (non-hydrogen) atoms. The number of imidazole rings is 1. The zero-order valence-electron chi connectivity index (χ0n) is 17.5.